The predicted octanol–water partition coefficient (Wildman–Crippen LogP) is 4.68. The van der Waals surface area contributed by atoms with Crippen LogP contribution >= 0.6 is 15.9 Å². The number of hydrogen-bond donors (Lipinski definition) is 0. The number of nitriles is 1. The van der Waals surface area contributed by atoms with Crippen molar-refractivity contribution in [2.75, 3.05) is 7.11 Å². The van der Waals surface area contributed by atoms with Crippen molar-refractivity contribution in [2.45, 2.75) is 18.3 Å². The molecule has 3 nitrogen and oxygen atoms in total. The Labute approximate surface area is 147 Å². The molecule has 0 heterocycles. The van der Waals surface area contributed by atoms with E-state index in [1.54, 1.807) is 12.1 Å². The molecule has 0 saturated heterocycles. The standard InChI is InChI=1S/C18H14BrF2NO2/c1-24-18(23)9-16(12-5-13(19)8-15(21)7-12)17(10-22)11-3-2-4-14(20)6-11/h2-8,16-17H,9H2,1H3. The summed E-state index contributed by atoms with van der Waals surface area (Å²) in [5.74, 6) is -3.00. The number of methoxy groups -OCH3 is 1. The summed E-state index contributed by atoms with van der Waals surface area (Å²) in [6.07, 6.45) is -0.124. The lowest BCUT2D eigenvalue weighted by molar-refractivity contribution is -0.141. The van der Waals surface area contributed by atoms with Gasteiger partial charge in [0, 0.05) is 10.4 Å². The highest BCUT2D eigenvalue weighted by atomic mass is 79.9. The van der Waals surface area contributed by atoms with E-state index in [2.05, 4.69) is 26.7 Å². The van der Waals surface area contributed by atoms with E-state index in [0.29, 0.717) is 15.6 Å². The van der Waals surface area contributed by atoms with Gasteiger partial charge in [0.1, 0.15) is 11.6 Å². The minimum Gasteiger partial charge on any atom is -0.469 e. The van der Waals surface area contributed by atoms with E-state index in [4.69, 9.17) is 0 Å². The summed E-state index contributed by atoms with van der Waals surface area (Å²) in [4.78, 5) is 11.8. The average molecular weight is 394 g/mol. The zero-order valence-electron chi connectivity index (χ0n) is 12.8. The zero-order valence-corrected chi connectivity index (χ0v) is 14.4. The van der Waals surface area contributed by atoms with Crippen LogP contribution in [-0.4, -0.2) is 13.1 Å². The molecule has 0 fully saturated rings. The molecule has 2 unspecified atom stereocenters. The van der Waals surface area contributed by atoms with Gasteiger partial charge in [0.2, 0.25) is 0 Å². The minimum atomic E-state index is -0.825. The van der Waals surface area contributed by atoms with Gasteiger partial charge in [0.05, 0.1) is 25.5 Å². The molecule has 124 valence electrons. The molecular weight excluding hydrogens is 380 g/mol. The number of esters is 1. The molecular formula is C18H14BrF2NO2. The van der Waals surface area contributed by atoms with Crippen LogP contribution in [0.4, 0.5) is 8.78 Å². The second-order valence-corrected chi connectivity index (χ2v) is 6.17. The van der Waals surface area contributed by atoms with Crippen molar-refractivity contribution in [3.8, 4) is 6.07 Å². The Morgan fingerprint density at radius 2 is 1.92 bits per heavy atom. The Balaban J connectivity index is 2.51. The van der Waals surface area contributed by atoms with Crippen LogP contribution in [-0.2, 0) is 9.53 Å². The maximum absolute atomic E-state index is 13.8. The van der Waals surface area contributed by atoms with Gasteiger partial charge in [0.15, 0.2) is 0 Å². The SMILES string of the molecule is COC(=O)CC(c1cc(F)cc(Br)c1)C(C#N)c1cccc(F)c1. The summed E-state index contributed by atoms with van der Waals surface area (Å²) in [7, 11) is 1.24. The summed E-state index contributed by atoms with van der Waals surface area (Å²) in [5.41, 5.74) is 0.884. The van der Waals surface area contributed by atoms with Gasteiger partial charge in [-0.15, -0.1) is 0 Å². The van der Waals surface area contributed by atoms with Crippen molar-refractivity contribution >= 4 is 21.9 Å². The van der Waals surface area contributed by atoms with E-state index >= 15 is 0 Å². The molecule has 0 saturated carbocycles. The molecule has 0 aliphatic rings. The Morgan fingerprint density at radius 1 is 1.21 bits per heavy atom. The van der Waals surface area contributed by atoms with Crippen molar-refractivity contribution < 1.29 is 18.3 Å². The Hall–Kier alpha value is -2.26. The Bertz CT molecular complexity index is 769. The smallest absolute Gasteiger partial charge is 0.306 e. The first-order valence-corrected chi connectivity index (χ1v) is 7.91. The number of hydrogen-bond acceptors (Lipinski definition) is 3. The fourth-order valence-electron chi connectivity index (χ4n) is 2.58. The second kappa shape index (κ2) is 8.02. The molecule has 0 radical (unpaired) electrons. The van der Waals surface area contributed by atoms with Crippen LogP contribution in [0.25, 0.3) is 0 Å². The topological polar surface area (TPSA) is 50.1 Å². The molecule has 0 bridgehead atoms. The summed E-state index contributed by atoms with van der Waals surface area (Å²) in [6.45, 7) is 0. The molecule has 0 N–H and O–H groups in total. The zero-order chi connectivity index (χ0) is 17.7. The fraction of sp³-hybridized carbons (Fsp3) is 0.222. The monoisotopic (exact) mass is 393 g/mol. The lowest BCUT2D eigenvalue weighted by atomic mass is 9.80. The third-order valence-electron chi connectivity index (χ3n) is 3.68. The minimum absolute atomic E-state index is 0.124. The highest BCUT2D eigenvalue weighted by Gasteiger charge is 2.28. The van der Waals surface area contributed by atoms with Gasteiger partial charge in [-0.1, -0.05) is 28.1 Å². The van der Waals surface area contributed by atoms with Gasteiger partial charge in [0.25, 0.3) is 0 Å². The van der Waals surface area contributed by atoms with Gasteiger partial charge in [-0.25, -0.2) is 8.78 Å². The third-order valence-corrected chi connectivity index (χ3v) is 4.13. The first kappa shape index (κ1) is 18.1. The largest absolute Gasteiger partial charge is 0.469 e. The van der Waals surface area contributed by atoms with E-state index in [1.165, 1.54) is 37.4 Å². The number of nitrogens with zero attached hydrogens (tertiary/aromatic N) is 1. The van der Waals surface area contributed by atoms with Crippen LogP contribution in [0, 0.1) is 23.0 Å². The van der Waals surface area contributed by atoms with Crippen molar-refractivity contribution in [1.29, 1.82) is 5.26 Å². The number of rotatable bonds is 5. The van der Waals surface area contributed by atoms with Gasteiger partial charge in [-0.05, 0) is 41.5 Å². The number of benzene rings is 2. The lowest BCUT2D eigenvalue weighted by Crippen LogP contribution is -2.16. The number of ether oxygens (including phenoxy) is 1. The number of halogens is 3. The van der Waals surface area contributed by atoms with Crippen molar-refractivity contribution in [1.82, 2.24) is 0 Å². The van der Waals surface area contributed by atoms with Crippen LogP contribution in [0.15, 0.2) is 46.9 Å². The number of carbonyl (C=O) groups excluding carboxylic acids is 1. The summed E-state index contributed by atoms with van der Waals surface area (Å²) >= 11 is 3.20. The van der Waals surface area contributed by atoms with E-state index < -0.39 is 29.4 Å². The van der Waals surface area contributed by atoms with Gasteiger partial charge >= 0.3 is 5.97 Å². The normalized spacial score (nSPS) is 13.0. The Kier molecular flexibility index (Phi) is 6.04. The maximum atomic E-state index is 13.8. The van der Waals surface area contributed by atoms with Crippen molar-refractivity contribution in [2.24, 2.45) is 0 Å². The van der Waals surface area contributed by atoms with E-state index in [0.717, 1.165) is 0 Å². The third kappa shape index (κ3) is 4.39. The van der Waals surface area contributed by atoms with Crippen LogP contribution in [0.2, 0.25) is 0 Å². The summed E-state index contributed by atoms with van der Waals surface area (Å²) in [6, 6.07) is 11.9. The molecule has 0 aromatic heterocycles. The van der Waals surface area contributed by atoms with E-state index in [1.807, 2.05) is 0 Å². The van der Waals surface area contributed by atoms with E-state index in [9.17, 15) is 18.8 Å². The van der Waals surface area contributed by atoms with Gasteiger partial charge in [-0.2, -0.15) is 5.26 Å². The highest BCUT2D eigenvalue weighted by Crippen LogP contribution is 2.37. The molecule has 0 aliphatic heterocycles. The van der Waals surface area contributed by atoms with Gasteiger partial charge < -0.3 is 4.74 Å². The fourth-order valence-corrected chi connectivity index (χ4v) is 3.06. The van der Waals surface area contributed by atoms with Crippen LogP contribution in [0.3, 0.4) is 0 Å². The van der Waals surface area contributed by atoms with Gasteiger partial charge in [-0.3, -0.25) is 4.79 Å². The number of carbonyl (C=O) groups is 1. The molecule has 0 amide bonds. The first-order chi connectivity index (χ1) is 11.4. The Morgan fingerprint density at radius 3 is 2.50 bits per heavy atom. The molecule has 2 aromatic rings. The quantitative estimate of drug-likeness (QED) is 0.692. The first-order valence-electron chi connectivity index (χ1n) is 7.12. The molecule has 2 atom stereocenters. The maximum Gasteiger partial charge on any atom is 0.306 e. The average Bonchev–Trinajstić information content (AvgIpc) is 2.53. The molecule has 0 spiro atoms. The predicted molar refractivity (Wildman–Crippen MR) is 88.2 cm³/mol. The van der Waals surface area contributed by atoms with Crippen LogP contribution in [0.5, 0.6) is 0 Å². The van der Waals surface area contributed by atoms with Crippen molar-refractivity contribution in [3.05, 3.63) is 69.7 Å². The molecule has 2 rings (SSSR count). The molecule has 0 aliphatic carbocycles. The summed E-state index contributed by atoms with van der Waals surface area (Å²) < 4.78 is 32.4. The molecule has 24 heavy (non-hydrogen) atoms. The highest BCUT2D eigenvalue weighted by molar-refractivity contribution is 9.10. The second-order valence-electron chi connectivity index (χ2n) is 5.25. The van der Waals surface area contributed by atoms with Crippen LogP contribution in [0.1, 0.15) is 29.4 Å². The molecule has 6 heteroatoms. The lowest BCUT2D eigenvalue weighted by Gasteiger charge is -2.22. The molecule has 2 aromatic carbocycles. The van der Waals surface area contributed by atoms with Crippen LogP contribution < -0.4 is 0 Å². The summed E-state index contributed by atoms with van der Waals surface area (Å²) in [5, 5.41) is 9.60. The van der Waals surface area contributed by atoms with Crippen molar-refractivity contribution in [3.63, 3.8) is 0 Å². The van der Waals surface area contributed by atoms with E-state index in [-0.39, 0.29) is 6.42 Å².